The number of para-hydroxylation sites is 1. The van der Waals surface area contributed by atoms with Crippen LogP contribution < -0.4 is 5.32 Å². The van der Waals surface area contributed by atoms with Crippen LogP contribution in [-0.4, -0.2) is 29.6 Å². The Kier molecular flexibility index (Phi) is 6.57. The molecule has 20 heavy (non-hydrogen) atoms. The fourth-order valence-corrected chi connectivity index (χ4v) is 1.94. The van der Waals surface area contributed by atoms with Gasteiger partial charge in [0.05, 0.1) is 11.5 Å². The molecule has 0 fully saturated rings. The van der Waals surface area contributed by atoms with Gasteiger partial charge in [0.2, 0.25) is 0 Å². The first kappa shape index (κ1) is 16.6. The lowest BCUT2D eigenvalue weighted by Gasteiger charge is -2.18. The van der Waals surface area contributed by atoms with E-state index in [-0.39, 0.29) is 0 Å². The molecule has 0 heterocycles. The molecule has 6 heteroatoms. The number of hydrogen-bond donors (Lipinski definition) is 1. The summed E-state index contributed by atoms with van der Waals surface area (Å²) in [5.74, 6) is -0.114. The van der Waals surface area contributed by atoms with Gasteiger partial charge in [-0.3, -0.25) is 4.89 Å². The van der Waals surface area contributed by atoms with Gasteiger partial charge in [-0.05, 0) is 17.5 Å². The largest absolute Gasteiger partial charge is 0.349 e. The van der Waals surface area contributed by atoms with Crippen LogP contribution >= 0.6 is 12.2 Å². The van der Waals surface area contributed by atoms with Crippen LogP contribution in [0.3, 0.4) is 0 Å². The zero-order valence-corrected chi connectivity index (χ0v) is 13.0. The van der Waals surface area contributed by atoms with Gasteiger partial charge in [-0.2, -0.15) is 0 Å². The molecule has 0 spiro atoms. The Bertz CT molecular complexity index is 477. The molecule has 1 rings (SSSR count). The van der Waals surface area contributed by atoms with Crippen LogP contribution in [-0.2, 0) is 14.7 Å². The molecule has 0 atom stereocenters. The first-order valence-electron chi connectivity index (χ1n) is 6.35. The van der Waals surface area contributed by atoms with Gasteiger partial charge in [-0.1, -0.05) is 49.3 Å². The van der Waals surface area contributed by atoms with Crippen molar-refractivity contribution < 1.29 is 14.7 Å². The third-order valence-electron chi connectivity index (χ3n) is 2.51. The highest BCUT2D eigenvalue weighted by Crippen LogP contribution is 2.23. The molecule has 0 amide bonds. The zero-order chi connectivity index (χ0) is 15.1. The molecule has 0 radical (unpaired) electrons. The average molecular weight is 296 g/mol. The van der Waals surface area contributed by atoms with Crippen LogP contribution in [0.4, 0.5) is 5.69 Å². The van der Waals surface area contributed by atoms with Gasteiger partial charge in [-0.15, -0.1) is 5.06 Å². The quantitative estimate of drug-likeness (QED) is 0.495. The van der Waals surface area contributed by atoms with Crippen LogP contribution in [0.2, 0.25) is 0 Å². The van der Waals surface area contributed by atoms with Crippen molar-refractivity contribution in [3.05, 3.63) is 29.8 Å². The Balaban J connectivity index is 2.56. The van der Waals surface area contributed by atoms with Crippen molar-refractivity contribution >= 4 is 28.9 Å². The number of benzene rings is 1. The van der Waals surface area contributed by atoms with E-state index < -0.39 is 5.97 Å². The molecule has 0 aromatic heterocycles. The van der Waals surface area contributed by atoms with Crippen LogP contribution in [0.5, 0.6) is 0 Å². The van der Waals surface area contributed by atoms with Crippen molar-refractivity contribution in [2.75, 3.05) is 18.9 Å². The standard InChI is InChI=1S/C14H20N2O3S/c1-10(2)12-7-5-6-8-13(12)15-14(20)9-16(4)19-18-11(3)17/h5-8,10H,9H2,1-4H3,(H,15,20). The molecule has 0 unspecified atom stereocenters. The van der Waals surface area contributed by atoms with E-state index in [0.717, 1.165) is 5.69 Å². The Morgan fingerprint density at radius 1 is 1.40 bits per heavy atom. The molecule has 5 nitrogen and oxygen atoms in total. The van der Waals surface area contributed by atoms with E-state index in [4.69, 9.17) is 17.2 Å². The Hall–Kier alpha value is -1.50. The van der Waals surface area contributed by atoms with Crippen LogP contribution in [0.15, 0.2) is 24.3 Å². The SMILES string of the molecule is CC(=O)OON(C)CC(=S)Nc1ccccc1C(C)C. The number of hydrogen-bond acceptors (Lipinski definition) is 5. The average Bonchev–Trinajstić information content (AvgIpc) is 2.36. The zero-order valence-electron chi connectivity index (χ0n) is 12.2. The van der Waals surface area contributed by atoms with E-state index in [9.17, 15) is 4.79 Å². The van der Waals surface area contributed by atoms with Gasteiger partial charge in [-0.25, -0.2) is 4.79 Å². The highest BCUT2D eigenvalue weighted by Gasteiger charge is 2.10. The first-order valence-corrected chi connectivity index (χ1v) is 6.76. The maximum absolute atomic E-state index is 10.6. The third kappa shape index (κ3) is 5.64. The number of rotatable bonds is 6. The highest BCUT2D eigenvalue weighted by atomic mass is 32.1. The molecule has 0 bridgehead atoms. The number of anilines is 1. The second kappa shape index (κ2) is 7.94. The number of thiocarbonyl (C=S) groups is 1. The fraction of sp³-hybridized carbons (Fsp3) is 0.429. The minimum absolute atomic E-state index is 0.315. The van der Waals surface area contributed by atoms with Gasteiger partial charge in [0.15, 0.2) is 0 Å². The van der Waals surface area contributed by atoms with Crippen molar-refractivity contribution in [1.29, 1.82) is 0 Å². The van der Waals surface area contributed by atoms with E-state index in [1.807, 2.05) is 18.2 Å². The number of carbonyl (C=O) groups excluding carboxylic acids is 1. The summed E-state index contributed by atoms with van der Waals surface area (Å²) < 4.78 is 0. The Labute approximate surface area is 124 Å². The lowest BCUT2D eigenvalue weighted by molar-refractivity contribution is -0.384. The highest BCUT2D eigenvalue weighted by molar-refractivity contribution is 7.80. The van der Waals surface area contributed by atoms with Crippen LogP contribution in [0, 0.1) is 0 Å². The van der Waals surface area contributed by atoms with Crippen LogP contribution in [0.25, 0.3) is 0 Å². The lowest BCUT2D eigenvalue weighted by Crippen LogP contribution is -2.30. The number of nitrogens with one attached hydrogen (secondary N) is 1. The summed E-state index contributed by atoms with van der Waals surface area (Å²) in [5.41, 5.74) is 2.17. The van der Waals surface area contributed by atoms with E-state index in [1.165, 1.54) is 17.6 Å². The molecule has 1 N–H and O–H groups in total. The van der Waals surface area contributed by atoms with E-state index in [2.05, 4.69) is 30.1 Å². The topological polar surface area (TPSA) is 50.8 Å². The summed E-state index contributed by atoms with van der Waals surface area (Å²) in [6, 6.07) is 8.00. The third-order valence-corrected chi connectivity index (χ3v) is 2.74. The molecule has 110 valence electrons. The smallest absolute Gasteiger partial charge is 0.341 e. The van der Waals surface area contributed by atoms with Crippen molar-refractivity contribution in [2.45, 2.75) is 26.7 Å². The maximum Gasteiger partial charge on any atom is 0.341 e. The molecule has 1 aromatic rings. The molecule has 0 saturated carbocycles. The normalized spacial score (nSPS) is 10.7. The number of carbonyl (C=O) groups is 1. The Morgan fingerprint density at radius 3 is 2.65 bits per heavy atom. The molecule has 0 aliphatic carbocycles. The molecular weight excluding hydrogens is 276 g/mol. The number of hydroxylamine groups is 2. The fourth-order valence-electron chi connectivity index (χ4n) is 1.65. The Morgan fingerprint density at radius 2 is 2.05 bits per heavy atom. The number of nitrogens with zero attached hydrogens (tertiary/aromatic N) is 1. The predicted octanol–water partition coefficient (Wildman–Crippen LogP) is 2.89. The molecular formula is C14H20N2O3S. The predicted molar refractivity (Wildman–Crippen MR) is 82.2 cm³/mol. The second-order valence-corrected chi connectivity index (χ2v) is 5.22. The minimum atomic E-state index is -0.513. The summed E-state index contributed by atoms with van der Waals surface area (Å²) in [7, 11) is 1.63. The number of likely N-dealkylation sites (N-methyl/N-ethyl adjacent to an activating group) is 1. The molecule has 0 saturated heterocycles. The van der Waals surface area contributed by atoms with Crippen molar-refractivity contribution in [1.82, 2.24) is 5.06 Å². The minimum Gasteiger partial charge on any atom is -0.349 e. The summed E-state index contributed by atoms with van der Waals surface area (Å²) >= 11 is 5.27. The molecule has 0 aliphatic heterocycles. The van der Waals surface area contributed by atoms with Gasteiger partial charge in [0, 0.05) is 19.7 Å². The van der Waals surface area contributed by atoms with Crippen molar-refractivity contribution in [3.63, 3.8) is 0 Å². The summed E-state index contributed by atoms with van der Waals surface area (Å²) in [6.45, 7) is 5.83. The van der Waals surface area contributed by atoms with E-state index in [1.54, 1.807) is 7.05 Å². The summed E-state index contributed by atoms with van der Waals surface area (Å²) in [6.07, 6.45) is 0. The van der Waals surface area contributed by atoms with Gasteiger partial charge in [0.25, 0.3) is 0 Å². The van der Waals surface area contributed by atoms with Crippen molar-refractivity contribution in [2.24, 2.45) is 0 Å². The monoisotopic (exact) mass is 296 g/mol. The van der Waals surface area contributed by atoms with Gasteiger partial charge >= 0.3 is 5.97 Å². The van der Waals surface area contributed by atoms with E-state index >= 15 is 0 Å². The summed E-state index contributed by atoms with van der Waals surface area (Å²) in [5, 5.41) is 4.52. The maximum atomic E-state index is 10.6. The summed E-state index contributed by atoms with van der Waals surface area (Å²) in [4.78, 5) is 20.4. The van der Waals surface area contributed by atoms with Gasteiger partial charge < -0.3 is 5.32 Å². The van der Waals surface area contributed by atoms with Crippen LogP contribution in [0.1, 0.15) is 32.3 Å². The second-order valence-electron chi connectivity index (χ2n) is 4.73. The molecule has 0 aliphatic rings. The van der Waals surface area contributed by atoms with Gasteiger partial charge in [0.1, 0.15) is 0 Å². The first-order chi connectivity index (χ1) is 9.40. The molecule has 1 aromatic carbocycles. The van der Waals surface area contributed by atoms with Crippen molar-refractivity contribution in [3.8, 4) is 0 Å². The van der Waals surface area contributed by atoms with E-state index in [0.29, 0.717) is 17.5 Å². The lowest BCUT2D eigenvalue weighted by atomic mass is 10.0.